The third-order valence-electron chi connectivity index (χ3n) is 6.19. The lowest BCUT2D eigenvalue weighted by molar-refractivity contribution is -0.140. The molecule has 0 spiro atoms. The van der Waals surface area contributed by atoms with E-state index in [1.54, 1.807) is 40.9 Å². The van der Waals surface area contributed by atoms with Crippen LogP contribution in [0.1, 0.15) is 31.6 Å². The van der Waals surface area contributed by atoms with Crippen molar-refractivity contribution >= 4 is 27.8 Å². The van der Waals surface area contributed by atoms with Crippen LogP contribution in [-0.2, 0) is 4.79 Å². The molecule has 0 aromatic carbocycles. The van der Waals surface area contributed by atoms with Crippen molar-refractivity contribution in [2.24, 2.45) is 0 Å². The van der Waals surface area contributed by atoms with Crippen molar-refractivity contribution in [3.8, 4) is 11.3 Å². The molecule has 5 rings (SSSR count). The molecule has 5 heterocycles. The summed E-state index contributed by atoms with van der Waals surface area (Å²) < 4.78 is 1.56. The van der Waals surface area contributed by atoms with E-state index in [-0.39, 0.29) is 17.3 Å². The van der Waals surface area contributed by atoms with Crippen molar-refractivity contribution in [1.82, 2.24) is 34.4 Å². The highest BCUT2D eigenvalue weighted by molar-refractivity contribution is 6.01. The van der Waals surface area contributed by atoms with Crippen molar-refractivity contribution in [3.63, 3.8) is 0 Å². The maximum absolute atomic E-state index is 13.0. The predicted octanol–water partition coefficient (Wildman–Crippen LogP) is 0.943. The number of hydrogen-bond acceptors (Lipinski definition) is 8. The summed E-state index contributed by atoms with van der Waals surface area (Å²) in [5.74, 6) is 0.302. The second-order valence-corrected chi connectivity index (χ2v) is 8.47. The van der Waals surface area contributed by atoms with Crippen molar-refractivity contribution in [3.05, 3.63) is 57.4 Å². The number of nitrogens with zero attached hydrogens (tertiary/aromatic N) is 6. The Morgan fingerprint density at radius 1 is 1.12 bits per heavy atom. The first-order valence-corrected chi connectivity index (χ1v) is 11.0. The average molecular weight is 461 g/mol. The minimum atomic E-state index is -1.07. The molecule has 1 aliphatic rings. The molecule has 1 saturated heterocycles. The summed E-state index contributed by atoms with van der Waals surface area (Å²) in [6, 6.07) is 3.32. The van der Waals surface area contributed by atoms with Gasteiger partial charge in [-0.15, -0.1) is 0 Å². The number of aromatic amines is 1. The molecule has 0 unspecified atom stereocenters. The maximum Gasteiger partial charge on any atom is 0.329 e. The molecule has 1 fully saturated rings. The number of piperidine rings is 1. The summed E-state index contributed by atoms with van der Waals surface area (Å²) >= 11 is 0. The second-order valence-electron chi connectivity index (χ2n) is 8.47. The van der Waals surface area contributed by atoms with Gasteiger partial charge in [-0.05, 0) is 38.8 Å². The van der Waals surface area contributed by atoms with Crippen LogP contribution in [0.3, 0.4) is 0 Å². The standard InChI is InChI=1S/C23H23N7O4/c1-12(31)22(33)29-7-5-15(6-8-29)30-20-16(21(32)28-23(30)34)11-26-18-4-3-17(27-19(18)20)14-9-24-13(2)25-10-14/h3-4,9-12,15,31H,5-8H2,1-2H3,(H,28,32,34)/t12-/m1/s1. The Morgan fingerprint density at radius 3 is 2.50 bits per heavy atom. The molecule has 11 heteroatoms. The number of nitrogens with one attached hydrogen (secondary N) is 1. The fourth-order valence-corrected chi connectivity index (χ4v) is 4.43. The summed E-state index contributed by atoms with van der Waals surface area (Å²) in [5, 5.41) is 9.88. The quantitative estimate of drug-likeness (QED) is 0.429. The van der Waals surface area contributed by atoms with Gasteiger partial charge in [0.1, 0.15) is 17.4 Å². The van der Waals surface area contributed by atoms with Crippen molar-refractivity contribution in [1.29, 1.82) is 0 Å². The van der Waals surface area contributed by atoms with E-state index in [2.05, 4.69) is 19.9 Å². The molecule has 11 nitrogen and oxygen atoms in total. The van der Waals surface area contributed by atoms with Gasteiger partial charge in [0.25, 0.3) is 11.5 Å². The normalized spacial score (nSPS) is 15.7. The van der Waals surface area contributed by atoms with Crippen LogP contribution in [0.2, 0.25) is 0 Å². The van der Waals surface area contributed by atoms with Crippen LogP contribution in [0.15, 0.2) is 40.3 Å². The topological polar surface area (TPSA) is 147 Å². The highest BCUT2D eigenvalue weighted by atomic mass is 16.3. The summed E-state index contributed by atoms with van der Waals surface area (Å²) in [6.07, 6.45) is 4.71. The monoisotopic (exact) mass is 461 g/mol. The van der Waals surface area contributed by atoms with Crippen molar-refractivity contribution in [2.75, 3.05) is 13.1 Å². The number of aliphatic hydroxyl groups is 1. The van der Waals surface area contributed by atoms with Crippen LogP contribution >= 0.6 is 0 Å². The Balaban J connectivity index is 1.66. The Morgan fingerprint density at radius 2 is 1.82 bits per heavy atom. The highest BCUT2D eigenvalue weighted by Crippen LogP contribution is 2.28. The lowest BCUT2D eigenvalue weighted by Crippen LogP contribution is -2.45. The zero-order chi connectivity index (χ0) is 24.0. The van der Waals surface area contributed by atoms with Gasteiger partial charge < -0.3 is 10.0 Å². The number of fused-ring (bicyclic) bond motifs is 3. The molecule has 1 atom stereocenters. The highest BCUT2D eigenvalue weighted by Gasteiger charge is 2.28. The van der Waals surface area contributed by atoms with Crippen LogP contribution in [-0.4, -0.2) is 64.6 Å². The number of likely N-dealkylation sites (tertiary alicyclic amines) is 1. The van der Waals surface area contributed by atoms with Crippen LogP contribution in [0.5, 0.6) is 0 Å². The third-order valence-corrected chi connectivity index (χ3v) is 6.19. The number of carbonyl (C=O) groups excluding carboxylic acids is 1. The molecule has 4 aromatic heterocycles. The summed E-state index contributed by atoms with van der Waals surface area (Å²) in [6.45, 7) is 4.02. The van der Waals surface area contributed by atoms with E-state index in [0.29, 0.717) is 59.6 Å². The fourth-order valence-electron chi connectivity index (χ4n) is 4.43. The molecule has 0 radical (unpaired) electrons. The molecule has 174 valence electrons. The van der Waals surface area contributed by atoms with E-state index in [0.717, 1.165) is 0 Å². The molecule has 34 heavy (non-hydrogen) atoms. The van der Waals surface area contributed by atoms with E-state index < -0.39 is 17.4 Å². The van der Waals surface area contributed by atoms with Gasteiger partial charge in [-0.1, -0.05) is 0 Å². The molecule has 2 N–H and O–H groups in total. The zero-order valence-corrected chi connectivity index (χ0v) is 18.7. The first kappa shape index (κ1) is 21.8. The Bertz CT molecular complexity index is 1520. The van der Waals surface area contributed by atoms with Gasteiger partial charge in [-0.3, -0.25) is 24.1 Å². The van der Waals surface area contributed by atoms with Gasteiger partial charge in [0.15, 0.2) is 0 Å². The van der Waals surface area contributed by atoms with Gasteiger partial charge in [0.05, 0.1) is 22.1 Å². The van der Waals surface area contributed by atoms with Gasteiger partial charge in [0, 0.05) is 43.3 Å². The summed E-state index contributed by atoms with van der Waals surface area (Å²) in [5.41, 5.74) is 1.63. The lowest BCUT2D eigenvalue weighted by Gasteiger charge is -2.34. The molecule has 0 saturated carbocycles. The molecular weight excluding hydrogens is 438 g/mol. The first-order chi connectivity index (χ1) is 16.3. The molecular formula is C23H23N7O4. The van der Waals surface area contributed by atoms with E-state index >= 15 is 0 Å². The predicted molar refractivity (Wildman–Crippen MR) is 124 cm³/mol. The molecule has 0 bridgehead atoms. The number of aromatic nitrogens is 6. The third kappa shape index (κ3) is 3.73. The van der Waals surface area contributed by atoms with E-state index in [4.69, 9.17) is 4.98 Å². The van der Waals surface area contributed by atoms with Gasteiger partial charge >= 0.3 is 5.69 Å². The van der Waals surface area contributed by atoms with Crippen LogP contribution < -0.4 is 11.2 Å². The minimum Gasteiger partial charge on any atom is -0.384 e. The fraction of sp³-hybridized carbons (Fsp3) is 0.348. The molecule has 1 amide bonds. The summed E-state index contributed by atoms with van der Waals surface area (Å²) in [7, 11) is 0. The average Bonchev–Trinajstić information content (AvgIpc) is 2.84. The number of pyridine rings is 2. The Kier molecular flexibility index (Phi) is 5.40. The Hall–Kier alpha value is -3.99. The zero-order valence-electron chi connectivity index (χ0n) is 18.7. The second kappa shape index (κ2) is 8.41. The van der Waals surface area contributed by atoms with Gasteiger partial charge in [0.2, 0.25) is 0 Å². The Labute approximate surface area is 193 Å². The van der Waals surface area contributed by atoms with E-state index in [1.807, 2.05) is 0 Å². The number of amides is 1. The van der Waals surface area contributed by atoms with E-state index in [9.17, 15) is 19.5 Å². The maximum atomic E-state index is 13.0. The van der Waals surface area contributed by atoms with Gasteiger partial charge in [-0.25, -0.2) is 19.7 Å². The van der Waals surface area contributed by atoms with Crippen LogP contribution in [0.25, 0.3) is 33.2 Å². The number of hydrogen-bond donors (Lipinski definition) is 2. The molecule has 0 aliphatic carbocycles. The van der Waals surface area contributed by atoms with E-state index in [1.165, 1.54) is 13.1 Å². The van der Waals surface area contributed by atoms with Gasteiger partial charge in [-0.2, -0.15) is 0 Å². The van der Waals surface area contributed by atoms with Crippen molar-refractivity contribution in [2.45, 2.75) is 38.8 Å². The minimum absolute atomic E-state index is 0.260. The number of H-pyrrole nitrogens is 1. The number of rotatable bonds is 3. The molecule has 1 aliphatic heterocycles. The SMILES string of the molecule is Cc1ncc(-c2ccc3ncc4c(=O)[nH]c(=O)n(C5CCN(C(=O)[C@@H](C)O)CC5)c4c3n2)cn1. The number of carbonyl (C=O) groups is 1. The smallest absolute Gasteiger partial charge is 0.329 e. The van der Waals surface area contributed by atoms with Crippen LogP contribution in [0, 0.1) is 6.92 Å². The largest absolute Gasteiger partial charge is 0.384 e. The number of aryl methyl sites for hydroxylation is 1. The molecule has 4 aromatic rings. The van der Waals surface area contributed by atoms with Crippen molar-refractivity contribution < 1.29 is 9.90 Å². The summed E-state index contributed by atoms with van der Waals surface area (Å²) in [4.78, 5) is 59.4. The number of aliphatic hydroxyl groups excluding tert-OH is 1. The first-order valence-electron chi connectivity index (χ1n) is 11.0. The van der Waals surface area contributed by atoms with Crippen LogP contribution in [0.4, 0.5) is 0 Å². The lowest BCUT2D eigenvalue weighted by atomic mass is 10.0.